The number of thioether (sulfide) groups is 1. The fraction of sp³-hybridized carbons (Fsp3) is 0.524. The molecule has 286 valence electrons. The number of hydrogen-bond acceptors (Lipinski definition) is 8. The standard InChI is InChI=1S/C42H51F2N5O3SSi/c1-22(2)54(23(3)4,24(5)6)18-17-27-20-28(43)19-26-13-12-14-30(32(26)27)35-34(44)36-33-38(47-40(46-36)53-11)48-21-29-15-16-31(37(48)25(7)51-39(33)45-35)49(29)41(50)52-42(8,9)10/h12-14,19-20,22-25,29,31,37H,15-16,21H2,1-11H3/t25-,29+,31-,37+/m0/s1. The maximum Gasteiger partial charge on any atom is 0.410 e. The van der Waals surface area contributed by atoms with Crippen LogP contribution < -0.4 is 9.64 Å². The number of amides is 1. The van der Waals surface area contributed by atoms with Gasteiger partial charge in [-0.25, -0.2) is 28.5 Å². The lowest BCUT2D eigenvalue weighted by Gasteiger charge is -2.48. The van der Waals surface area contributed by atoms with E-state index in [-0.39, 0.29) is 41.3 Å². The molecule has 2 aromatic carbocycles. The van der Waals surface area contributed by atoms with Crippen molar-refractivity contribution in [2.45, 2.75) is 134 Å². The summed E-state index contributed by atoms with van der Waals surface area (Å²) in [4.78, 5) is 32.3. The van der Waals surface area contributed by atoms with Crippen molar-refractivity contribution >= 4 is 53.4 Å². The highest BCUT2D eigenvalue weighted by atomic mass is 32.2. The van der Waals surface area contributed by atoms with E-state index in [1.165, 1.54) is 23.9 Å². The summed E-state index contributed by atoms with van der Waals surface area (Å²) in [6, 6.07) is 7.75. The fourth-order valence-corrected chi connectivity index (χ4v) is 15.2. The predicted molar refractivity (Wildman–Crippen MR) is 216 cm³/mol. The Morgan fingerprint density at radius 2 is 1.72 bits per heavy atom. The molecule has 12 heteroatoms. The van der Waals surface area contributed by atoms with Crippen LogP contribution in [0.3, 0.4) is 0 Å². The van der Waals surface area contributed by atoms with Crippen molar-refractivity contribution in [2.75, 3.05) is 17.7 Å². The minimum Gasteiger partial charge on any atom is -0.472 e. The molecule has 7 rings (SSSR count). The summed E-state index contributed by atoms with van der Waals surface area (Å²) in [6.45, 7) is 21.5. The van der Waals surface area contributed by atoms with Crippen molar-refractivity contribution in [3.05, 3.63) is 47.5 Å². The molecular weight excluding hydrogens is 721 g/mol. The molecule has 0 spiro atoms. The SMILES string of the molecule is CSc1nc2c3c(nc(-c4cccc5cc(F)cc(C#C[Si](C(C)C)(C(C)C)C(C)C)c45)c(F)c3n1)O[C@@H](C)[C@@H]1[C@@H]3CC[C@H](CN21)N3C(=O)OC(C)(C)C. The monoisotopic (exact) mass is 771 g/mol. The van der Waals surface area contributed by atoms with E-state index in [0.29, 0.717) is 61.4 Å². The zero-order chi connectivity index (χ0) is 39.0. The summed E-state index contributed by atoms with van der Waals surface area (Å²) in [5.74, 6) is 3.22. The normalized spacial score (nSPS) is 21.0. The number of anilines is 1. The van der Waals surface area contributed by atoms with Gasteiger partial charge in [0, 0.05) is 23.1 Å². The smallest absolute Gasteiger partial charge is 0.410 e. The molecule has 54 heavy (non-hydrogen) atoms. The maximum atomic E-state index is 17.4. The van der Waals surface area contributed by atoms with Gasteiger partial charge in [0.25, 0.3) is 0 Å². The van der Waals surface area contributed by atoms with Gasteiger partial charge in [-0.3, -0.25) is 4.90 Å². The highest BCUT2D eigenvalue weighted by Gasteiger charge is 2.54. The highest BCUT2D eigenvalue weighted by molar-refractivity contribution is 7.98. The first-order valence-corrected chi connectivity index (χ1v) is 22.6. The molecule has 0 radical (unpaired) electrons. The molecule has 0 aliphatic carbocycles. The number of carbonyl (C=O) groups is 1. The Bertz CT molecular complexity index is 2190. The van der Waals surface area contributed by atoms with Gasteiger partial charge in [-0.05, 0) is 80.9 Å². The second kappa shape index (κ2) is 14.0. The maximum absolute atomic E-state index is 17.4. The lowest BCUT2D eigenvalue weighted by atomic mass is 9.96. The highest BCUT2D eigenvalue weighted by Crippen LogP contribution is 2.47. The van der Waals surface area contributed by atoms with Gasteiger partial charge in [-0.1, -0.05) is 77.4 Å². The average molecular weight is 772 g/mol. The Balaban J connectivity index is 1.42. The number of nitrogens with zero attached hydrogens (tertiary/aromatic N) is 5. The number of pyridine rings is 1. The predicted octanol–water partition coefficient (Wildman–Crippen LogP) is 10.2. The van der Waals surface area contributed by atoms with E-state index >= 15 is 8.78 Å². The van der Waals surface area contributed by atoms with Crippen LogP contribution in [0.25, 0.3) is 32.9 Å². The van der Waals surface area contributed by atoms with Gasteiger partial charge in [0.1, 0.15) is 48.0 Å². The van der Waals surface area contributed by atoms with E-state index in [9.17, 15) is 4.79 Å². The van der Waals surface area contributed by atoms with Crippen LogP contribution in [0.4, 0.5) is 19.4 Å². The molecule has 3 aliphatic heterocycles. The molecule has 0 saturated carbocycles. The summed E-state index contributed by atoms with van der Waals surface area (Å²) in [6.07, 6.45) is 2.66. The van der Waals surface area contributed by atoms with Crippen molar-refractivity contribution in [1.82, 2.24) is 19.9 Å². The van der Waals surface area contributed by atoms with Crippen molar-refractivity contribution < 1.29 is 23.0 Å². The number of hydrogen-bond donors (Lipinski definition) is 0. The number of benzene rings is 2. The Morgan fingerprint density at radius 1 is 1.02 bits per heavy atom. The van der Waals surface area contributed by atoms with Crippen LogP contribution in [-0.2, 0) is 4.74 Å². The second-order valence-electron chi connectivity index (χ2n) is 17.0. The molecule has 2 bridgehead atoms. The van der Waals surface area contributed by atoms with Gasteiger partial charge in [-0.15, -0.1) is 5.54 Å². The van der Waals surface area contributed by atoms with Gasteiger partial charge < -0.3 is 14.4 Å². The minimum atomic E-state index is -2.19. The zero-order valence-electron chi connectivity index (χ0n) is 33.2. The number of carbonyl (C=O) groups excluding carboxylic acids is 1. The van der Waals surface area contributed by atoms with E-state index in [0.717, 1.165) is 12.8 Å². The van der Waals surface area contributed by atoms with Crippen LogP contribution in [-0.4, -0.2) is 76.7 Å². The van der Waals surface area contributed by atoms with E-state index in [4.69, 9.17) is 24.4 Å². The van der Waals surface area contributed by atoms with E-state index in [1.807, 2.05) is 51.0 Å². The summed E-state index contributed by atoms with van der Waals surface area (Å²) in [7, 11) is -2.19. The van der Waals surface area contributed by atoms with Crippen LogP contribution in [0.15, 0.2) is 35.5 Å². The Hall–Kier alpha value is -3.95. The van der Waals surface area contributed by atoms with E-state index in [2.05, 4.69) is 57.9 Å². The summed E-state index contributed by atoms with van der Waals surface area (Å²) in [5, 5.41) is 2.06. The lowest BCUT2D eigenvalue weighted by molar-refractivity contribution is 0.000949. The molecule has 2 fully saturated rings. The Kier molecular flexibility index (Phi) is 9.91. The molecule has 3 aliphatic rings. The first-order chi connectivity index (χ1) is 25.5. The van der Waals surface area contributed by atoms with Gasteiger partial charge in [0.2, 0.25) is 5.88 Å². The Morgan fingerprint density at radius 3 is 2.37 bits per heavy atom. The molecule has 1 amide bonds. The van der Waals surface area contributed by atoms with Crippen LogP contribution >= 0.6 is 11.8 Å². The van der Waals surface area contributed by atoms with Crippen molar-refractivity contribution in [3.8, 4) is 28.6 Å². The van der Waals surface area contributed by atoms with Crippen molar-refractivity contribution in [3.63, 3.8) is 0 Å². The average Bonchev–Trinajstić information content (AvgIpc) is 3.34. The minimum absolute atomic E-state index is 0.0542. The van der Waals surface area contributed by atoms with Gasteiger partial charge in [0.05, 0.1) is 18.1 Å². The van der Waals surface area contributed by atoms with Crippen LogP contribution in [0, 0.1) is 23.1 Å². The Labute approximate surface area is 322 Å². The van der Waals surface area contributed by atoms with Crippen molar-refractivity contribution in [1.29, 1.82) is 0 Å². The molecule has 2 saturated heterocycles. The number of piperazine rings is 1. The molecule has 5 heterocycles. The number of ether oxygens (including phenoxy) is 2. The van der Waals surface area contributed by atoms with Crippen molar-refractivity contribution in [2.24, 2.45) is 0 Å². The fourth-order valence-electron chi connectivity index (χ4n) is 9.58. The van der Waals surface area contributed by atoms with Crippen LogP contribution in [0.1, 0.15) is 87.6 Å². The number of rotatable bonds is 5. The quantitative estimate of drug-likeness (QED) is 0.0859. The summed E-state index contributed by atoms with van der Waals surface area (Å²) < 4.78 is 45.3. The first-order valence-electron chi connectivity index (χ1n) is 19.1. The van der Waals surface area contributed by atoms with Crippen LogP contribution in [0.5, 0.6) is 5.88 Å². The molecule has 4 aromatic rings. The molecule has 0 N–H and O–H groups in total. The topological polar surface area (TPSA) is 80.7 Å². The third-order valence-electron chi connectivity index (χ3n) is 11.7. The van der Waals surface area contributed by atoms with E-state index in [1.54, 1.807) is 6.07 Å². The van der Waals surface area contributed by atoms with E-state index < -0.39 is 31.4 Å². The molecule has 8 nitrogen and oxygen atoms in total. The molecule has 2 aromatic heterocycles. The van der Waals surface area contributed by atoms with Crippen LogP contribution in [0.2, 0.25) is 16.6 Å². The summed E-state index contributed by atoms with van der Waals surface area (Å²) in [5.41, 5.74) is 5.39. The van der Waals surface area contributed by atoms with Gasteiger partial charge >= 0.3 is 6.09 Å². The third kappa shape index (κ3) is 6.29. The number of fused-ring (bicyclic) bond motifs is 6. The number of halogens is 2. The largest absolute Gasteiger partial charge is 0.472 e. The van der Waals surface area contributed by atoms with Gasteiger partial charge in [0.15, 0.2) is 11.0 Å². The molecule has 0 unspecified atom stereocenters. The molecule has 4 atom stereocenters. The third-order valence-corrected chi connectivity index (χ3v) is 18.6. The summed E-state index contributed by atoms with van der Waals surface area (Å²) >= 11 is 1.33. The molecular formula is C42H51F2N5O3SSi. The first kappa shape index (κ1) is 38.3. The zero-order valence-corrected chi connectivity index (χ0v) is 35.0. The van der Waals surface area contributed by atoms with Gasteiger partial charge in [-0.2, -0.15) is 0 Å². The number of aromatic nitrogens is 3. The lowest BCUT2D eigenvalue weighted by Crippen LogP contribution is -2.65. The second-order valence-corrected chi connectivity index (χ2v) is 23.3.